The van der Waals surface area contributed by atoms with Gasteiger partial charge in [0.25, 0.3) is 6.71 Å². The van der Waals surface area contributed by atoms with Crippen LogP contribution in [0.15, 0.2) is 263 Å². The molecule has 7 heteroatoms. The maximum absolute atomic E-state index is 11.2. The first kappa shape index (κ1) is 30.4. The highest BCUT2D eigenvalue weighted by Gasteiger charge is 2.45. The number of fused-ring (bicyclic) bond motifs is 16. The lowest BCUT2D eigenvalue weighted by molar-refractivity contribution is 0.590. The molecule has 0 atom stereocenters. The molecular weight excluding hydrogens is 1010 g/mol. The van der Waals surface area contributed by atoms with Gasteiger partial charge in [0.1, 0.15) is 22.3 Å². The van der Waals surface area contributed by atoms with Crippen LogP contribution in [0.5, 0.6) is 0 Å². The second-order valence-corrected chi connectivity index (χ2v) is 22.0. The molecule has 12 aromatic carbocycles. The van der Waals surface area contributed by atoms with Gasteiger partial charge in [-0.05, 0) is 135 Å². The molecule has 0 saturated carbocycles. The van der Waals surface area contributed by atoms with Crippen molar-refractivity contribution >= 4 is 145 Å². The molecule has 0 aliphatic carbocycles. The Labute approximate surface area is 508 Å². The molecule has 390 valence electrons. The van der Waals surface area contributed by atoms with Gasteiger partial charge < -0.3 is 27.8 Å². The topological polar surface area (TPSA) is 42.6 Å². The monoisotopic (exact) mass is 1080 g/mol. The molecular formula is C76H51BN4O2. The van der Waals surface area contributed by atoms with Gasteiger partial charge in [-0.2, -0.15) is 0 Å². The summed E-state index contributed by atoms with van der Waals surface area (Å²) in [5, 5.41) is 1.15. The van der Waals surface area contributed by atoms with Gasteiger partial charge >= 0.3 is 0 Å². The van der Waals surface area contributed by atoms with E-state index in [0.717, 1.165) is 10.1 Å². The van der Waals surface area contributed by atoms with E-state index >= 15 is 0 Å². The maximum Gasteiger partial charge on any atom is 0.252 e. The Morgan fingerprint density at radius 1 is 0.373 bits per heavy atom. The van der Waals surface area contributed by atoms with Crippen molar-refractivity contribution in [1.29, 1.82) is 0 Å². The van der Waals surface area contributed by atoms with Gasteiger partial charge in [0, 0.05) is 66.4 Å². The van der Waals surface area contributed by atoms with Crippen molar-refractivity contribution in [2.75, 3.05) is 9.80 Å². The van der Waals surface area contributed by atoms with Gasteiger partial charge in [0.15, 0.2) is 0 Å². The average Bonchev–Trinajstić information content (AvgIpc) is 1.03. The van der Waals surface area contributed by atoms with Gasteiger partial charge in [0.2, 0.25) is 0 Å². The smallest absolute Gasteiger partial charge is 0.252 e. The summed E-state index contributed by atoms with van der Waals surface area (Å²) in [6.45, 7) is 4.80. The van der Waals surface area contributed by atoms with E-state index in [1.54, 1.807) is 35.2 Å². The second kappa shape index (κ2) is 17.0. The molecule has 0 unspecified atom stereocenters. The number of rotatable bonds is 5. The number of anilines is 6. The van der Waals surface area contributed by atoms with Crippen molar-refractivity contribution in [2.24, 2.45) is 0 Å². The Balaban J connectivity index is 1.08. The van der Waals surface area contributed by atoms with Crippen LogP contribution in [0.3, 0.4) is 0 Å². The Morgan fingerprint density at radius 3 is 1.34 bits per heavy atom. The predicted octanol–water partition coefficient (Wildman–Crippen LogP) is 18.7. The number of benzene rings is 12. The number of para-hydroxylation sites is 6. The third kappa shape index (κ3) is 6.56. The van der Waals surface area contributed by atoms with Crippen molar-refractivity contribution in [3.8, 4) is 22.5 Å². The zero-order valence-electron chi connectivity index (χ0n) is 65.3. The van der Waals surface area contributed by atoms with E-state index in [0.29, 0.717) is 83.2 Å². The van der Waals surface area contributed by atoms with Crippen molar-refractivity contribution in [3.63, 3.8) is 0 Å². The Hall–Kier alpha value is -10.5. The maximum atomic E-state index is 11.2. The fourth-order valence-electron chi connectivity index (χ4n) is 12.9. The Bertz CT molecular complexity index is 6560. The summed E-state index contributed by atoms with van der Waals surface area (Å²) in [5.74, 6) is 0. The molecule has 0 bridgehead atoms. The first-order valence-corrected chi connectivity index (χ1v) is 27.1. The molecule has 0 fully saturated rings. The highest BCUT2D eigenvalue weighted by molar-refractivity contribution is 7.00. The largest absolute Gasteiger partial charge is 0.456 e. The van der Waals surface area contributed by atoms with E-state index in [1.807, 2.05) is 95.9 Å². The fourth-order valence-corrected chi connectivity index (χ4v) is 12.9. The highest BCUT2D eigenvalue weighted by atomic mass is 16.3. The number of nitrogens with zero attached hydrogens (tertiary/aromatic N) is 4. The minimum atomic E-state index is -1.48. The fraction of sp³-hybridized carbons (Fsp3) is 0.0526. The SMILES string of the molecule is [2H]c1c(-n2c3c([2H])c([2H])c([2H])c([2H])c3c3c([2H])c([2H])c([2H])c([2H])c32)cc2c(c1[2H])B1c3c(cc(-c4ccc(C(C)(C)C)cc4)cc3N(c3cccc4oc5ccccc5c34)c3c([2H])c(-n4c5c([2H])c([2H])c([2H])c([2H])c5c5c([2H])c([2H])c([2H])c([2H])c54)c([2H])c([2H])c31)N2c1cccc2oc3ccccc3c12. The van der Waals surface area contributed by atoms with Crippen LogP contribution in [0.2, 0.25) is 0 Å². The molecule has 4 aromatic heterocycles. The van der Waals surface area contributed by atoms with Crippen LogP contribution in [-0.2, 0) is 5.41 Å². The summed E-state index contributed by atoms with van der Waals surface area (Å²) < 4.78 is 218. The second-order valence-electron chi connectivity index (χ2n) is 22.0. The van der Waals surface area contributed by atoms with E-state index in [1.165, 1.54) is 10.6 Å². The molecule has 0 amide bonds. The lowest BCUT2D eigenvalue weighted by Crippen LogP contribution is -2.61. The van der Waals surface area contributed by atoms with E-state index in [4.69, 9.17) is 19.8 Å². The van der Waals surface area contributed by atoms with Crippen LogP contribution < -0.4 is 26.2 Å². The summed E-state index contributed by atoms with van der Waals surface area (Å²) in [6, 6.07) is 24.7. The minimum Gasteiger partial charge on any atom is -0.456 e. The van der Waals surface area contributed by atoms with Crippen LogP contribution in [0, 0.1) is 0 Å². The third-order valence-electron chi connectivity index (χ3n) is 16.5. The Kier molecular flexibility index (Phi) is 6.23. The quantitative estimate of drug-likeness (QED) is 0.161. The zero-order chi connectivity index (χ0) is 73.1. The summed E-state index contributed by atoms with van der Waals surface area (Å²) in [4.78, 5) is 3.66. The van der Waals surface area contributed by atoms with Gasteiger partial charge in [-0.3, -0.25) is 0 Å². The normalized spacial score (nSPS) is 16.7. The first-order valence-electron chi connectivity index (χ1n) is 37.6. The summed E-state index contributed by atoms with van der Waals surface area (Å²) in [7, 11) is 0. The van der Waals surface area contributed by atoms with Gasteiger partial charge in [-0.25, -0.2) is 0 Å². The zero-order valence-corrected chi connectivity index (χ0v) is 44.3. The molecule has 6 nitrogen and oxygen atoms in total. The molecule has 0 saturated heterocycles. The number of hydrogen-bond donors (Lipinski definition) is 0. The predicted molar refractivity (Wildman–Crippen MR) is 348 cm³/mol. The van der Waals surface area contributed by atoms with Crippen LogP contribution in [0.1, 0.15) is 55.1 Å². The molecule has 18 rings (SSSR count). The van der Waals surface area contributed by atoms with E-state index in [2.05, 4.69) is 20.8 Å². The van der Waals surface area contributed by atoms with Crippen LogP contribution in [-0.4, -0.2) is 15.8 Å². The van der Waals surface area contributed by atoms with Crippen LogP contribution >= 0.6 is 0 Å². The van der Waals surface area contributed by atoms with Crippen molar-refractivity contribution < 1.29 is 37.6 Å². The number of aromatic nitrogens is 2. The highest BCUT2D eigenvalue weighted by Crippen LogP contribution is 2.52. The third-order valence-corrected chi connectivity index (χ3v) is 16.5. The molecule has 6 heterocycles. The van der Waals surface area contributed by atoms with Crippen LogP contribution in [0.4, 0.5) is 34.1 Å². The molecule has 2 aliphatic heterocycles. The van der Waals surface area contributed by atoms with Crippen molar-refractivity contribution in [3.05, 3.63) is 260 Å². The first-order chi connectivity index (χ1) is 49.6. The van der Waals surface area contributed by atoms with Gasteiger partial charge in [0.05, 0.1) is 73.0 Å². The summed E-state index contributed by atoms with van der Waals surface area (Å²) >= 11 is 0. The molecule has 0 spiro atoms. The molecule has 0 N–H and O–H groups in total. The van der Waals surface area contributed by atoms with Crippen LogP contribution in [0.25, 0.3) is 110 Å². The Morgan fingerprint density at radius 2 is 0.819 bits per heavy atom. The number of furan rings is 2. The van der Waals surface area contributed by atoms with Gasteiger partial charge in [-0.15, -0.1) is 0 Å². The molecule has 2 aliphatic rings. The van der Waals surface area contributed by atoms with Crippen molar-refractivity contribution in [2.45, 2.75) is 26.2 Å². The molecule has 16 aromatic rings. The summed E-state index contributed by atoms with van der Waals surface area (Å²) in [5.41, 5.74) is 3.24. The van der Waals surface area contributed by atoms with E-state index in [-0.39, 0.29) is 66.0 Å². The van der Waals surface area contributed by atoms with E-state index in [9.17, 15) is 17.8 Å². The van der Waals surface area contributed by atoms with Gasteiger partial charge in [-0.1, -0.05) is 178 Å². The van der Waals surface area contributed by atoms with Crippen molar-refractivity contribution in [1.82, 2.24) is 9.13 Å². The number of hydrogen-bond acceptors (Lipinski definition) is 4. The lowest BCUT2D eigenvalue weighted by Gasteiger charge is -2.45. The minimum absolute atomic E-state index is 0.00262. The van der Waals surface area contributed by atoms with E-state index < -0.39 is 150 Å². The lowest BCUT2D eigenvalue weighted by atomic mass is 9.33. The standard InChI is InChI=1S/C76H51BN4O2/c1-76(2,3)48-36-34-46(35-37-48)47-42-67-75-68(43-47)81(64-29-17-33-72-74(64)56-23-9-15-31-70(56)83-72)66-45-50(79-61-26-12-6-20-53(61)54-21-7-13-27-62(54)79)39-41-58(66)77(75)57-40-38-49(78-59-24-10-4-18-51(59)52-19-5-11-25-60(52)78)44-65(57)80(67)63-28-16-32-71-73(63)55-22-8-14-30-69(55)82-71/h4-45H,1-3H3/i4D,5D,6D,7D,10D,11D,12D,13D,18D,19D,20D,21D,24D,25D,26D,27D,38D,39D,40D,41D,44D. The molecule has 0 radical (unpaired) electrons. The average molecular weight is 1080 g/mol. The molecule has 83 heavy (non-hydrogen) atoms. The summed E-state index contributed by atoms with van der Waals surface area (Å²) in [6.07, 6.45) is 0.